The van der Waals surface area contributed by atoms with Gasteiger partial charge < -0.3 is 5.32 Å². The maximum Gasteiger partial charge on any atom is 0.155 e. The fourth-order valence-electron chi connectivity index (χ4n) is 2.04. The molecule has 2 aromatic rings. The predicted octanol–water partition coefficient (Wildman–Crippen LogP) is 4.48. The second-order valence-electron chi connectivity index (χ2n) is 5.05. The van der Waals surface area contributed by atoms with E-state index in [2.05, 4.69) is 53.6 Å². The van der Waals surface area contributed by atoms with E-state index in [1.165, 1.54) is 11.1 Å². The summed E-state index contributed by atoms with van der Waals surface area (Å²) in [6.07, 6.45) is 1.06. The van der Waals surface area contributed by atoms with E-state index in [-0.39, 0.29) is 6.04 Å². The number of aryl methyl sites for hydroxylation is 1. The van der Waals surface area contributed by atoms with E-state index in [4.69, 9.17) is 11.6 Å². The lowest BCUT2D eigenvalue weighted by atomic mass is 10.0. The van der Waals surface area contributed by atoms with Crippen LogP contribution in [0.2, 0.25) is 5.15 Å². The van der Waals surface area contributed by atoms with Crippen LogP contribution >= 0.6 is 11.6 Å². The van der Waals surface area contributed by atoms with Gasteiger partial charge in [-0.05, 0) is 49.4 Å². The summed E-state index contributed by atoms with van der Waals surface area (Å²) in [5, 5.41) is 12.0. The third-order valence-corrected chi connectivity index (χ3v) is 4.07. The molecule has 0 saturated carbocycles. The first-order valence-corrected chi connectivity index (χ1v) is 7.25. The smallest absolute Gasteiger partial charge is 0.155 e. The Morgan fingerprint density at radius 1 is 1.10 bits per heavy atom. The molecule has 1 aromatic heterocycles. The van der Waals surface area contributed by atoms with Gasteiger partial charge in [-0.1, -0.05) is 42.8 Å². The van der Waals surface area contributed by atoms with Crippen LogP contribution in [0.5, 0.6) is 0 Å². The normalized spacial score (nSPS) is 12.2. The van der Waals surface area contributed by atoms with Gasteiger partial charge in [0.05, 0.1) is 6.04 Å². The van der Waals surface area contributed by atoms with Gasteiger partial charge in [0.2, 0.25) is 0 Å². The lowest BCUT2D eigenvalue weighted by Crippen LogP contribution is -2.11. The van der Waals surface area contributed by atoms with Crippen LogP contribution in [-0.2, 0) is 6.42 Å². The molecule has 0 spiro atoms. The molecule has 1 atom stereocenters. The minimum atomic E-state index is 0.175. The number of benzene rings is 1. The van der Waals surface area contributed by atoms with Crippen molar-refractivity contribution in [2.75, 3.05) is 5.32 Å². The van der Waals surface area contributed by atoms with E-state index in [0.29, 0.717) is 5.15 Å². The molecule has 20 heavy (non-hydrogen) atoms. The fraction of sp³-hybridized carbons (Fsp3) is 0.375. The van der Waals surface area contributed by atoms with Crippen molar-refractivity contribution >= 4 is 17.4 Å². The lowest BCUT2D eigenvalue weighted by Gasteiger charge is -2.17. The Bertz CT molecular complexity index is 593. The first kappa shape index (κ1) is 14.8. The summed E-state index contributed by atoms with van der Waals surface area (Å²) in [5.74, 6) is 0.791. The van der Waals surface area contributed by atoms with Crippen molar-refractivity contribution < 1.29 is 0 Å². The highest BCUT2D eigenvalue weighted by atomic mass is 35.5. The standard InChI is InChI=1S/C16H20ClN3/c1-5-13-6-8-14(9-7-13)12(4)18-16-11(3)10(2)15(17)19-20-16/h6-9,12H,5H2,1-4H3,(H,18,20). The molecule has 0 amide bonds. The van der Waals surface area contributed by atoms with Gasteiger partial charge in [0.25, 0.3) is 0 Å². The molecule has 3 nitrogen and oxygen atoms in total. The lowest BCUT2D eigenvalue weighted by molar-refractivity contribution is 0.852. The second kappa shape index (κ2) is 6.23. The minimum absolute atomic E-state index is 0.175. The molecule has 0 aliphatic carbocycles. The van der Waals surface area contributed by atoms with Crippen molar-refractivity contribution in [1.29, 1.82) is 0 Å². The van der Waals surface area contributed by atoms with Gasteiger partial charge in [0.1, 0.15) is 0 Å². The number of hydrogen-bond acceptors (Lipinski definition) is 3. The van der Waals surface area contributed by atoms with Crippen LogP contribution in [0.1, 0.15) is 42.1 Å². The highest BCUT2D eigenvalue weighted by Crippen LogP contribution is 2.24. The summed E-state index contributed by atoms with van der Waals surface area (Å²) in [6.45, 7) is 8.24. The fourth-order valence-corrected chi connectivity index (χ4v) is 2.22. The van der Waals surface area contributed by atoms with Crippen molar-refractivity contribution in [2.45, 2.75) is 40.2 Å². The number of halogens is 1. The Labute approximate surface area is 125 Å². The van der Waals surface area contributed by atoms with E-state index in [1.807, 2.05) is 13.8 Å². The maximum absolute atomic E-state index is 5.97. The summed E-state index contributed by atoms with van der Waals surface area (Å²) in [4.78, 5) is 0. The van der Waals surface area contributed by atoms with Gasteiger partial charge in [-0.15, -0.1) is 10.2 Å². The third-order valence-electron chi connectivity index (χ3n) is 3.71. The monoisotopic (exact) mass is 289 g/mol. The van der Waals surface area contributed by atoms with E-state index in [0.717, 1.165) is 23.4 Å². The number of hydrogen-bond donors (Lipinski definition) is 1. The zero-order valence-electron chi connectivity index (χ0n) is 12.4. The number of aromatic nitrogens is 2. The zero-order chi connectivity index (χ0) is 14.7. The number of nitrogens with one attached hydrogen (secondary N) is 1. The Morgan fingerprint density at radius 2 is 1.75 bits per heavy atom. The highest BCUT2D eigenvalue weighted by molar-refractivity contribution is 6.30. The van der Waals surface area contributed by atoms with Gasteiger partial charge >= 0.3 is 0 Å². The Kier molecular flexibility index (Phi) is 4.61. The Balaban J connectivity index is 2.18. The molecule has 0 fully saturated rings. The van der Waals surface area contributed by atoms with Crippen LogP contribution in [-0.4, -0.2) is 10.2 Å². The molecular formula is C16H20ClN3. The second-order valence-corrected chi connectivity index (χ2v) is 5.41. The number of nitrogens with zero attached hydrogens (tertiary/aromatic N) is 2. The van der Waals surface area contributed by atoms with Gasteiger partial charge in [-0.3, -0.25) is 0 Å². The zero-order valence-corrected chi connectivity index (χ0v) is 13.1. The Morgan fingerprint density at radius 3 is 2.35 bits per heavy atom. The van der Waals surface area contributed by atoms with E-state index in [9.17, 15) is 0 Å². The molecule has 106 valence electrons. The van der Waals surface area contributed by atoms with E-state index in [1.54, 1.807) is 0 Å². The largest absolute Gasteiger partial charge is 0.362 e. The van der Waals surface area contributed by atoms with Gasteiger partial charge in [-0.2, -0.15) is 0 Å². The van der Waals surface area contributed by atoms with E-state index >= 15 is 0 Å². The molecule has 1 aromatic carbocycles. The molecular weight excluding hydrogens is 270 g/mol. The molecule has 0 bridgehead atoms. The van der Waals surface area contributed by atoms with Crippen LogP contribution in [0, 0.1) is 13.8 Å². The van der Waals surface area contributed by atoms with Gasteiger partial charge in [0, 0.05) is 0 Å². The molecule has 1 heterocycles. The average molecular weight is 290 g/mol. The van der Waals surface area contributed by atoms with Crippen LogP contribution in [0.25, 0.3) is 0 Å². The van der Waals surface area contributed by atoms with Crippen molar-refractivity contribution in [3.63, 3.8) is 0 Å². The summed E-state index contributed by atoms with van der Waals surface area (Å²) in [7, 11) is 0. The Hall–Kier alpha value is -1.61. The first-order chi connectivity index (χ1) is 9.52. The van der Waals surface area contributed by atoms with Gasteiger partial charge in [0.15, 0.2) is 11.0 Å². The van der Waals surface area contributed by atoms with Crippen LogP contribution < -0.4 is 5.32 Å². The van der Waals surface area contributed by atoms with Crippen LogP contribution in [0.4, 0.5) is 5.82 Å². The van der Waals surface area contributed by atoms with Crippen molar-refractivity contribution in [2.24, 2.45) is 0 Å². The molecule has 1 N–H and O–H groups in total. The number of anilines is 1. The summed E-state index contributed by atoms with van der Waals surface area (Å²) < 4.78 is 0. The molecule has 0 saturated heterocycles. The molecule has 0 radical (unpaired) electrons. The summed E-state index contributed by atoms with van der Waals surface area (Å²) in [5.41, 5.74) is 4.59. The third kappa shape index (κ3) is 3.10. The quantitative estimate of drug-likeness (QED) is 0.901. The van der Waals surface area contributed by atoms with Crippen molar-refractivity contribution in [3.05, 3.63) is 51.7 Å². The molecule has 0 aliphatic rings. The highest BCUT2D eigenvalue weighted by Gasteiger charge is 2.11. The topological polar surface area (TPSA) is 37.8 Å². The molecule has 1 unspecified atom stereocenters. The predicted molar refractivity (Wildman–Crippen MR) is 84.4 cm³/mol. The average Bonchev–Trinajstić information content (AvgIpc) is 2.48. The SMILES string of the molecule is CCc1ccc(C(C)Nc2nnc(Cl)c(C)c2C)cc1. The van der Waals surface area contributed by atoms with Crippen molar-refractivity contribution in [1.82, 2.24) is 10.2 Å². The maximum atomic E-state index is 5.97. The minimum Gasteiger partial charge on any atom is -0.362 e. The summed E-state index contributed by atoms with van der Waals surface area (Å²) >= 11 is 5.97. The van der Waals surface area contributed by atoms with Gasteiger partial charge in [-0.25, -0.2) is 0 Å². The van der Waals surface area contributed by atoms with Crippen LogP contribution in [0.15, 0.2) is 24.3 Å². The number of rotatable bonds is 4. The molecule has 4 heteroatoms. The van der Waals surface area contributed by atoms with E-state index < -0.39 is 0 Å². The summed E-state index contributed by atoms with van der Waals surface area (Å²) in [6, 6.07) is 8.82. The van der Waals surface area contributed by atoms with Crippen LogP contribution in [0.3, 0.4) is 0 Å². The molecule has 0 aliphatic heterocycles. The first-order valence-electron chi connectivity index (χ1n) is 6.87. The molecule has 2 rings (SSSR count). The van der Waals surface area contributed by atoms with Crippen molar-refractivity contribution in [3.8, 4) is 0 Å².